The van der Waals surface area contributed by atoms with Crippen molar-refractivity contribution in [3.05, 3.63) is 53.5 Å². The van der Waals surface area contributed by atoms with Gasteiger partial charge in [-0.15, -0.1) is 0 Å². The molecule has 0 radical (unpaired) electrons. The second-order valence-corrected chi connectivity index (χ2v) is 8.42. The summed E-state index contributed by atoms with van der Waals surface area (Å²) < 4.78 is 24.6. The molecule has 0 aliphatic carbocycles. The van der Waals surface area contributed by atoms with Crippen LogP contribution in [0, 0.1) is 11.7 Å². The lowest BCUT2D eigenvalue weighted by molar-refractivity contribution is -0.124. The summed E-state index contributed by atoms with van der Waals surface area (Å²) in [6.07, 6.45) is 4.68. The van der Waals surface area contributed by atoms with E-state index in [4.69, 9.17) is 9.47 Å². The van der Waals surface area contributed by atoms with Gasteiger partial charge in [0.05, 0.1) is 12.8 Å². The average molecular weight is 428 g/mol. The van der Waals surface area contributed by atoms with E-state index in [2.05, 4.69) is 15.2 Å². The van der Waals surface area contributed by atoms with Gasteiger partial charge >= 0.3 is 0 Å². The summed E-state index contributed by atoms with van der Waals surface area (Å²) in [4.78, 5) is 19.5. The van der Waals surface area contributed by atoms with Crippen LogP contribution in [-0.4, -0.2) is 48.6 Å². The predicted molar refractivity (Wildman–Crippen MR) is 116 cm³/mol. The van der Waals surface area contributed by atoms with Gasteiger partial charge in [0.1, 0.15) is 11.6 Å². The van der Waals surface area contributed by atoms with Crippen molar-refractivity contribution in [3.63, 3.8) is 0 Å². The zero-order valence-corrected chi connectivity index (χ0v) is 18.0. The minimum absolute atomic E-state index is 0.0424. The van der Waals surface area contributed by atoms with Gasteiger partial charge in [-0.25, -0.2) is 9.37 Å². The third-order valence-electron chi connectivity index (χ3n) is 6.19. The number of methoxy groups -OCH3 is 1. The van der Waals surface area contributed by atoms with Crippen LogP contribution >= 0.6 is 0 Å². The lowest BCUT2D eigenvalue weighted by Crippen LogP contribution is -2.51. The number of nitrogens with one attached hydrogen (secondary N) is 1. The van der Waals surface area contributed by atoms with Crippen molar-refractivity contribution in [2.75, 3.05) is 26.8 Å². The van der Waals surface area contributed by atoms with E-state index in [1.807, 2.05) is 18.2 Å². The van der Waals surface area contributed by atoms with E-state index < -0.39 is 0 Å². The molecule has 0 bridgehead atoms. The van der Waals surface area contributed by atoms with Crippen molar-refractivity contribution in [1.29, 1.82) is 0 Å². The lowest BCUT2D eigenvalue weighted by atomic mass is 9.87. The van der Waals surface area contributed by atoms with E-state index >= 15 is 0 Å². The number of hydrogen-bond acceptors (Lipinski definition) is 5. The van der Waals surface area contributed by atoms with Crippen LogP contribution in [0.2, 0.25) is 0 Å². The van der Waals surface area contributed by atoms with Crippen molar-refractivity contribution < 1.29 is 18.7 Å². The van der Waals surface area contributed by atoms with E-state index in [-0.39, 0.29) is 24.4 Å². The Hall–Kier alpha value is -2.67. The number of ether oxygens (including phenoxy) is 2. The van der Waals surface area contributed by atoms with Crippen molar-refractivity contribution >= 4 is 5.91 Å². The molecule has 1 aromatic carbocycles. The fourth-order valence-electron chi connectivity index (χ4n) is 4.62. The number of carbonyl (C=O) groups excluding carboxylic acids is 1. The zero-order chi connectivity index (χ0) is 21.6. The number of nitrogens with zero attached hydrogens (tertiary/aromatic N) is 2. The van der Waals surface area contributed by atoms with Crippen molar-refractivity contribution in [1.82, 2.24) is 15.2 Å². The quantitative estimate of drug-likeness (QED) is 0.814. The highest BCUT2D eigenvalue weighted by Gasteiger charge is 2.30. The molecule has 0 spiro atoms. The highest BCUT2D eigenvalue weighted by molar-refractivity contribution is 5.78. The molecule has 4 rings (SSSR count). The smallest absolute Gasteiger partial charge is 0.258 e. The highest BCUT2D eigenvalue weighted by Crippen LogP contribution is 2.27. The number of rotatable bonds is 3. The van der Waals surface area contributed by atoms with Crippen LogP contribution in [0.15, 0.2) is 36.4 Å². The summed E-state index contributed by atoms with van der Waals surface area (Å²) in [5.41, 5.74) is 1.82. The maximum Gasteiger partial charge on any atom is 0.258 e. The largest absolute Gasteiger partial charge is 0.483 e. The molecule has 1 saturated heterocycles. The van der Waals surface area contributed by atoms with Crippen LogP contribution in [0.5, 0.6) is 11.6 Å². The number of benzene rings is 1. The fraction of sp³-hybridized carbons (Fsp3) is 0.500. The standard InChI is InChI=1S/C24H30FN3O3/c1-30-24-8-4-7-20(26-24)15-28-12-11-21-18(14-28)6-3-2-5-17-13-19(25)9-10-22(17)31-16-23(29)27-21/h4,7-10,13,18,21H,2-3,5-6,11-12,14-16H2,1H3,(H,27,29)/t18-,21+/m1/s1. The van der Waals surface area contributed by atoms with E-state index in [9.17, 15) is 9.18 Å². The van der Waals surface area contributed by atoms with Crippen molar-refractivity contribution in [2.45, 2.75) is 44.7 Å². The van der Waals surface area contributed by atoms with Crippen LogP contribution in [0.4, 0.5) is 4.39 Å². The first kappa shape index (κ1) is 21.6. The monoisotopic (exact) mass is 427 g/mol. The Balaban J connectivity index is 1.42. The predicted octanol–water partition coefficient (Wildman–Crippen LogP) is 3.34. The molecule has 3 heterocycles. The maximum absolute atomic E-state index is 13.7. The lowest BCUT2D eigenvalue weighted by Gasteiger charge is -2.39. The van der Waals surface area contributed by atoms with Gasteiger partial charge in [0.2, 0.25) is 5.88 Å². The second-order valence-electron chi connectivity index (χ2n) is 8.42. The van der Waals surface area contributed by atoms with E-state index in [1.54, 1.807) is 13.2 Å². The molecule has 2 aromatic rings. The molecule has 2 aliphatic heterocycles. The van der Waals surface area contributed by atoms with Gasteiger partial charge in [-0.1, -0.05) is 12.5 Å². The second kappa shape index (κ2) is 10.1. The summed E-state index contributed by atoms with van der Waals surface area (Å²) in [6, 6.07) is 10.5. The Kier molecular flexibility index (Phi) is 7.02. The Morgan fingerprint density at radius 1 is 1.26 bits per heavy atom. The number of aryl methyl sites for hydroxylation is 1. The summed E-state index contributed by atoms with van der Waals surface area (Å²) in [5.74, 6) is 1.22. The van der Waals surface area contributed by atoms with Gasteiger partial charge < -0.3 is 14.8 Å². The first-order valence-electron chi connectivity index (χ1n) is 11.0. The van der Waals surface area contributed by atoms with Crippen LogP contribution in [0.3, 0.4) is 0 Å². The van der Waals surface area contributed by atoms with Gasteiger partial charge in [0, 0.05) is 31.7 Å². The Bertz CT molecular complexity index is 907. The Morgan fingerprint density at radius 3 is 3.03 bits per heavy atom. The number of aromatic nitrogens is 1. The third kappa shape index (κ3) is 5.73. The number of hydrogen-bond donors (Lipinski definition) is 1. The summed E-state index contributed by atoms with van der Waals surface area (Å²) in [5, 5.41) is 3.18. The number of likely N-dealkylation sites (tertiary alicyclic amines) is 1. The van der Waals surface area contributed by atoms with Gasteiger partial charge in [-0.05, 0) is 61.4 Å². The Labute approximate surface area is 182 Å². The molecule has 2 aliphatic rings. The van der Waals surface area contributed by atoms with E-state index in [1.165, 1.54) is 12.1 Å². The summed E-state index contributed by atoms with van der Waals surface area (Å²) in [7, 11) is 1.63. The van der Waals surface area contributed by atoms with E-state index in [0.717, 1.165) is 63.0 Å². The number of carbonyl (C=O) groups is 1. The van der Waals surface area contributed by atoms with Gasteiger partial charge in [0.15, 0.2) is 6.61 Å². The molecule has 31 heavy (non-hydrogen) atoms. The topological polar surface area (TPSA) is 63.7 Å². The summed E-state index contributed by atoms with van der Waals surface area (Å²) in [6.45, 7) is 2.54. The SMILES string of the molecule is COc1cccc(CN2CC[C@@H]3NC(=O)COc4ccc(F)cc4CCCC[C@@H]3C2)n1. The highest BCUT2D eigenvalue weighted by atomic mass is 19.1. The van der Waals surface area contributed by atoms with Crippen LogP contribution in [0.1, 0.15) is 36.9 Å². The molecule has 1 fully saturated rings. The van der Waals surface area contributed by atoms with Gasteiger partial charge in [0.25, 0.3) is 5.91 Å². The third-order valence-corrected chi connectivity index (χ3v) is 6.19. The minimum atomic E-state index is -0.270. The molecule has 2 atom stereocenters. The number of halogens is 1. The molecule has 166 valence electrons. The normalized spacial score (nSPS) is 22.7. The first-order chi connectivity index (χ1) is 15.1. The number of amides is 1. The van der Waals surface area contributed by atoms with Gasteiger partial charge in [-0.2, -0.15) is 0 Å². The molecule has 1 aromatic heterocycles. The van der Waals surface area contributed by atoms with Crippen LogP contribution in [-0.2, 0) is 17.8 Å². The van der Waals surface area contributed by atoms with Crippen LogP contribution < -0.4 is 14.8 Å². The Morgan fingerprint density at radius 2 is 2.16 bits per heavy atom. The molecule has 0 saturated carbocycles. The molecule has 1 amide bonds. The van der Waals surface area contributed by atoms with Crippen molar-refractivity contribution in [3.8, 4) is 11.6 Å². The zero-order valence-electron chi connectivity index (χ0n) is 18.0. The molecular formula is C24H30FN3O3. The van der Waals surface area contributed by atoms with Crippen molar-refractivity contribution in [2.24, 2.45) is 5.92 Å². The molecule has 0 unspecified atom stereocenters. The first-order valence-corrected chi connectivity index (χ1v) is 11.0. The number of fused-ring (bicyclic) bond motifs is 2. The molecule has 6 nitrogen and oxygen atoms in total. The molecule has 7 heteroatoms. The maximum atomic E-state index is 13.7. The fourth-order valence-corrected chi connectivity index (χ4v) is 4.62. The average Bonchev–Trinajstić information content (AvgIpc) is 2.77. The summed E-state index contributed by atoms with van der Waals surface area (Å²) >= 11 is 0. The van der Waals surface area contributed by atoms with Gasteiger partial charge in [-0.3, -0.25) is 9.69 Å². The molecule has 1 N–H and O–H groups in total. The molecular weight excluding hydrogens is 397 g/mol. The minimum Gasteiger partial charge on any atom is -0.483 e. The van der Waals surface area contributed by atoms with E-state index in [0.29, 0.717) is 17.5 Å². The number of pyridine rings is 1. The number of piperidine rings is 1. The van der Waals surface area contributed by atoms with Crippen LogP contribution in [0.25, 0.3) is 0 Å².